The molecule has 27 heavy (non-hydrogen) atoms. The number of amides is 2. The van der Waals surface area contributed by atoms with E-state index >= 15 is 0 Å². The van der Waals surface area contributed by atoms with Crippen LogP contribution in [0.2, 0.25) is 0 Å². The molecule has 0 radical (unpaired) electrons. The molecule has 0 aromatic heterocycles. The van der Waals surface area contributed by atoms with Crippen LogP contribution in [0, 0.1) is 5.82 Å². The molecule has 5 heteroatoms. The zero-order valence-corrected chi connectivity index (χ0v) is 15.5. The van der Waals surface area contributed by atoms with Gasteiger partial charge in [-0.25, -0.2) is 9.18 Å². The maximum Gasteiger partial charge on any atom is 0.318 e. The summed E-state index contributed by atoms with van der Waals surface area (Å²) in [6.45, 7) is 2.49. The Morgan fingerprint density at radius 3 is 2.78 bits per heavy atom. The third kappa shape index (κ3) is 3.98. The smallest absolute Gasteiger partial charge is 0.318 e. The summed E-state index contributed by atoms with van der Waals surface area (Å²) in [7, 11) is 0. The summed E-state index contributed by atoms with van der Waals surface area (Å²) in [5.74, 6) is -0.261. The molecule has 4 nitrogen and oxygen atoms in total. The van der Waals surface area contributed by atoms with E-state index in [-0.39, 0.29) is 23.9 Å². The third-order valence-electron chi connectivity index (χ3n) is 5.60. The first-order chi connectivity index (χ1) is 13.2. The fraction of sp³-hybridized carbons (Fsp3) is 0.409. The van der Waals surface area contributed by atoms with Gasteiger partial charge in [0.05, 0.1) is 6.04 Å². The van der Waals surface area contributed by atoms with Gasteiger partial charge in [-0.05, 0) is 54.6 Å². The number of halogens is 1. The molecule has 0 bridgehead atoms. The van der Waals surface area contributed by atoms with Crippen LogP contribution < -0.4 is 10.6 Å². The van der Waals surface area contributed by atoms with Gasteiger partial charge >= 0.3 is 6.03 Å². The number of fused-ring (bicyclic) bond motifs is 1. The molecule has 2 aliphatic rings. The molecule has 0 spiro atoms. The van der Waals surface area contributed by atoms with Gasteiger partial charge in [-0.1, -0.05) is 42.8 Å². The van der Waals surface area contributed by atoms with Crippen molar-refractivity contribution >= 4 is 6.03 Å². The standard InChI is InChI=1S/C22H26FN3O/c23-18-10-8-17(9-11-18)21-20-7-2-1-5-16(20)12-14-26(21)22(27)25-19-6-3-4-13-24-15-19/h1-2,5,7-11,19,21,24H,3-4,6,12-15H2,(H,25,27)/t19-,21-/m0/s1. The molecular formula is C22H26FN3O. The van der Waals surface area contributed by atoms with Gasteiger partial charge in [0.2, 0.25) is 0 Å². The van der Waals surface area contributed by atoms with E-state index in [0.29, 0.717) is 6.54 Å². The van der Waals surface area contributed by atoms with Gasteiger partial charge in [0.1, 0.15) is 5.82 Å². The number of hydrogen-bond acceptors (Lipinski definition) is 2. The molecule has 2 N–H and O–H groups in total. The summed E-state index contributed by atoms with van der Waals surface area (Å²) >= 11 is 0. The number of urea groups is 1. The minimum absolute atomic E-state index is 0.0347. The first-order valence-electron chi connectivity index (χ1n) is 9.83. The van der Waals surface area contributed by atoms with Gasteiger partial charge in [0.25, 0.3) is 0 Å². The highest BCUT2D eigenvalue weighted by Gasteiger charge is 2.32. The van der Waals surface area contributed by atoms with Crippen molar-refractivity contribution < 1.29 is 9.18 Å². The van der Waals surface area contributed by atoms with Gasteiger partial charge < -0.3 is 15.5 Å². The average Bonchev–Trinajstić information content (AvgIpc) is 2.96. The fourth-order valence-corrected chi connectivity index (χ4v) is 4.19. The Bertz CT molecular complexity index is 784. The van der Waals surface area contributed by atoms with E-state index in [4.69, 9.17) is 0 Å². The summed E-state index contributed by atoms with van der Waals surface area (Å²) < 4.78 is 13.5. The van der Waals surface area contributed by atoms with Crippen molar-refractivity contribution in [2.24, 2.45) is 0 Å². The normalized spacial score (nSPS) is 22.6. The highest BCUT2D eigenvalue weighted by atomic mass is 19.1. The first-order valence-corrected chi connectivity index (χ1v) is 9.83. The fourth-order valence-electron chi connectivity index (χ4n) is 4.19. The maximum atomic E-state index is 13.5. The van der Waals surface area contributed by atoms with E-state index in [1.807, 2.05) is 17.0 Å². The molecule has 2 aromatic carbocycles. The number of carbonyl (C=O) groups is 1. The summed E-state index contributed by atoms with van der Waals surface area (Å²) in [5, 5.41) is 6.62. The number of benzene rings is 2. The van der Waals surface area contributed by atoms with Crippen LogP contribution in [0.25, 0.3) is 0 Å². The van der Waals surface area contributed by atoms with Gasteiger partial charge in [-0.2, -0.15) is 0 Å². The quantitative estimate of drug-likeness (QED) is 0.851. The number of nitrogens with one attached hydrogen (secondary N) is 2. The molecular weight excluding hydrogens is 341 g/mol. The SMILES string of the molecule is O=C(N[C@H]1CCCCNC1)N1CCc2ccccc2[C@@H]1c1ccc(F)cc1. The van der Waals surface area contributed by atoms with Crippen molar-refractivity contribution in [3.63, 3.8) is 0 Å². The minimum Gasteiger partial charge on any atom is -0.334 e. The Balaban J connectivity index is 1.62. The third-order valence-corrected chi connectivity index (χ3v) is 5.60. The number of hydrogen-bond donors (Lipinski definition) is 2. The van der Waals surface area contributed by atoms with E-state index in [0.717, 1.165) is 49.9 Å². The van der Waals surface area contributed by atoms with Crippen LogP contribution in [0.5, 0.6) is 0 Å². The highest BCUT2D eigenvalue weighted by molar-refractivity contribution is 5.76. The molecule has 2 atom stereocenters. The van der Waals surface area contributed by atoms with Gasteiger partial charge in [0, 0.05) is 19.1 Å². The Morgan fingerprint density at radius 2 is 1.93 bits per heavy atom. The molecule has 2 amide bonds. The molecule has 0 saturated carbocycles. The van der Waals surface area contributed by atoms with Gasteiger partial charge in [0.15, 0.2) is 0 Å². The molecule has 0 aliphatic carbocycles. The number of rotatable bonds is 2. The van der Waals surface area contributed by atoms with Crippen molar-refractivity contribution in [2.75, 3.05) is 19.6 Å². The van der Waals surface area contributed by atoms with Crippen molar-refractivity contribution in [3.05, 3.63) is 71.0 Å². The second-order valence-electron chi connectivity index (χ2n) is 7.44. The topological polar surface area (TPSA) is 44.4 Å². The Morgan fingerprint density at radius 1 is 1.11 bits per heavy atom. The van der Waals surface area contributed by atoms with E-state index in [1.165, 1.54) is 17.7 Å². The van der Waals surface area contributed by atoms with Gasteiger partial charge in [-0.15, -0.1) is 0 Å². The van der Waals surface area contributed by atoms with Crippen molar-refractivity contribution in [3.8, 4) is 0 Å². The molecule has 142 valence electrons. The Hall–Kier alpha value is -2.40. The molecule has 0 unspecified atom stereocenters. The summed E-state index contributed by atoms with van der Waals surface area (Å²) in [5.41, 5.74) is 3.33. The lowest BCUT2D eigenvalue weighted by atomic mass is 9.88. The van der Waals surface area contributed by atoms with E-state index < -0.39 is 0 Å². The first kappa shape index (κ1) is 18.0. The van der Waals surface area contributed by atoms with Crippen LogP contribution in [-0.2, 0) is 6.42 Å². The summed E-state index contributed by atoms with van der Waals surface area (Å²) in [6.07, 6.45) is 4.12. The van der Waals surface area contributed by atoms with E-state index in [2.05, 4.69) is 22.8 Å². The number of nitrogens with zero attached hydrogens (tertiary/aromatic N) is 1. The van der Waals surface area contributed by atoms with Crippen LogP contribution >= 0.6 is 0 Å². The van der Waals surface area contributed by atoms with Crippen LogP contribution in [0.3, 0.4) is 0 Å². The minimum atomic E-state index is -0.261. The zero-order chi connectivity index (χ0) is 18.6. The van der Waals surface area contributed by atoms with Crippen LogP contribution in [-0.4, -0.2) is 36.6 Å². The molecule has 2 aliphatic heterocycles. The molecule has 1 fully saturated rings. The van der Waals surface area contributed by atoms with Gasteiger partial charge in [-0.3, -0.25) is 0 Å². The Kier molecular flexibility index (Phi) is 5.39. The van der Waals surface area contributed by atoms with Crippen LogP contribution in [0.15, 0.2) is 48.5 Å². The van der Waals surface area contributed by atoms with Crippen molar-refractivity contribution in [2.45, 2.75) is 37.8 Å². The molecule has 4 rings (SSSR count). The lowest BCUT2D eigenvalue weighted by Gasteiger charge is -2.38. The summed E-state index contributed by atoms with van der Waals surface area (Å²) in [6, 6.07) is 14.7. The lowest BCUT2D eigenvalue weighted by molar-refractivity contribution is 0.175. The second-order valence-corrected chi connectivity index (χ2v) is 7.44. The largest absolute Gasteiger partial charge is 0.334 e. The summed E-state index contributed by atoms with van der Waals surface area (Å²) in [4.78, 5) is 15.1. The molecule has 1 saturated heterocycles. The lowest BCUT2D eigenvalue weighted by Crippen LogP contribution is -2.50. The van der Waals surface area contributed by atoms with E-state index in [9.17, 15) is 9.18 Å². The Labute approximate surface area is 159 Å². The number of carbonyl (C=O) groups excluding carboxylic acids is 1. The molecule has 2 heterocycles. The van der Waals surface area contributed by atoms with Crippen molar-refractivity contribution in [1.82, 2.24) is 15.5 Å². The van der Waals surface area contributed by atoms with Crippen molar-refractivity contribution in [1.29, 1.82) is 0 Å². The predicted molar refractivity (Wildman–Crippen MR) is 104 cm³/mol. The van der Waals surface area contributed by atoms with E-state index in [1.54, 1.807) is 12.1 Å². The maximum absolute atomic E-state index is 13.5. The zero-order valence-electron chi connectivity index (χ0n) is 15.5. The highest BCUT2D eigenvalue weighted by Crippen LogP contribution is 2.35. The van der Waals surface area contributed by atoms with Crippen LogP contribution in [0.1, 0.15) is 42.0 Å². The predicted octanol–water partition coefficient (Wildman–Crippen LogP) is 3.62. The van der Waals surface area contributed by atoms with Crippen LogP contribution in [0.4, 0.5) is 9.18 Å². The second kappa shape index (κ2) is 8.09. The molecule has 2 aromatic rings. The monoisotopic (exact) mass is 367 g/mol. The average molecular weight is 367 g/mol.